The predicted molar refractivity (Wildman–Crippen MR) is 140 cm³/mol. The van der Waals surface area contributed by atoms with E-state index in [4.69, 9.17) is 9.31 Å². The molecule has 34 heavy (non-hydrogen) atoms. The van der Waals surface area contributed by atoms with E-state index in [2.05, 4.69) is 34.1 Å². The fraction of sp³-hybridized carbons (Fsp3) is 0.321. The molecule has 6 heteroatoms. The van der Waals surface area contributed by atoms with Crippen molar-refractivity contribution in [2.75, 3.05) is 4.90 Å². The number of hydrogen-bond acceptors (Lipinski definition) is 3. The second kappa shape index (κ2) is 8.37. The van der Waals surface area contributed by atoms with Gasteiger partial charge in [-0.05, 0) is 62.6 Å². The topological polar surface area (TPSA) is 38.8 Å². The molecule has 174 valence electrons. The average Bonchev–Trinajstić information content (AvgIpc) is 3.16. The van der Waals surface area contributed by atoms with E-state index in [1.54, 1.807) is 0 Å². The van der Waals surface area contributed by atoms with Crippen molar-refractivity contribution >= 4 is 34.6 Å². The SMILES string of the molecule is CC1(C)OB(C[C@@]2(c3ccccc3)C(=O)N(Cc3ccc(Br)cc3)c3ccccc32)OC1(C)C. The molecular formula is C28H29BBrNO3. The van der Waals surface area contributed by atoms with E-state index in [1.807, 2.05) is 93.3 Å². The minimum Gasteiger partial charge on any atom is -0.403 e. The minimum absolute atomic E-state index is 0.0533. The van der Waals surface area contributed by atoms with Gasteiger partial charge in [0, 0.05) is 16.5 Å². The molecule has 5 rings (SSSR count). The average molecular weight is 518 g/mol. The predicted octanol–water partition coefficient (Wildman–Crippen LogP) is 6.37. The maximum atomic E-state index is 14.5. The number of halogens is 1. The van der Waals surface area contributed by atoms with Gasteiger partial charge in [-0.1, -0.05) is 76.6 Å². The quantitative estimate of drug-likeness (QED) is 0.369. The molecule has 2 aliphatic heterocycles. The van der Waals surface area contributed by atoms with E-state index in [1.165, 1.54) is 0 Å². The molecule has 0 aromatic heterocycles. The molecule has 2 aliphatic rings. The lowest BCUT2D eigenvalue weighted by atomic mass is 9.61. The van der Waals surface area contributed by atoms with Crippen LogP contribution in [0, 0.1) is 0 Å². The lowest BCUT2D eigenvalue weighted by molar-refractivity contribution is -0.121. The van der Waals surface area contributed by atoms with E-state index in [9.17, 15) is 4.79 Å². The van der Waals surface area contributed by atoms with Crippen molar-refractivity contribution in [3.63, 3.8) is 0 Å². The number of para-hydroxylation sites is 1. The number of benzene rings is 3. The highest BCUT2D eigenvalue weighted by molar-refractivity contribution is 9.10. The lowest BCUT2D eigenvalue weighted by Gasteiger charge is -2.32. The van der Waals surface area contributed by atoms with Crippen molar-refractivity contribution in [2.45, 2.75) is 57.2 Å². The van der Waals surface area contributed by atoms with Crippen LogP contribution in [0.2, 0.25) is 6.32 Å². The molecular weight excluding hydrogens is 489 g/mol. The summed E-state index contributed by atoms with van der Waals surface area (Å²) in [5.74, 6) is 0.0533. The van der Waals surface area contributed by atoms with Crippen molar-refractivity contribution in [1.82, 2.24) is 0 Å². The Morgan fingerprint density at radius 3 is 2.06 bits per heavy atom. The highest BCUT2D eigenvalue weighted by atomic mass is 79.9. The largest absolute Gasteiger partial charge is 0.459 e. The lowest BCUT2D eigenvalue weighted by Crippen LogP contribution is -2.44. The molecule has 0 aliphatic carbocycles. The number of nitrogens with zero attached hydrogens (tertiary/aromatic N) is 1. The number of amides is 1. The molecule has 0 saturated carbocycles. The molecule has 1 fully saturated rings. The Labute approximate surface area is 210 Å². The van der Waals surface area contributed by atoms with Gasteiger partial charge >= 0.3 is 7.12 Å². The molecule has 0 radical (unpaired) electrons. The zero-order valence-electron chi connectivity index (χ0n) is 20.0. The van der Waals surface area contributed by atoms with Gasteiger partial charge in [0.25, 0.3) is 0 Å². The second-order valence-corrected chi connectivity index (χ2v) is 11.1. The molecule has 1 amide bonds. The van der Waals surface area contributed by atoms with Gasteiger partial charge in [0.05, 0.1) is 17.7 Å². The maximum Gasteiger partial charge on any atom is 0.459 e. The Bertz CT molecular complexity index is 1200. The Hall–Kier alpha value is -2.41. The Morgan fingerprint density at radius 1 is 0.824 bits per heavy atom. The van der Waals surface area contributed by atoms with Gasteiger partial charge in [0.1, 0.15) is 5.41 Å². The van der Waals surface area contributed by atoms with Gasteiger partial charge < -0.3 is 14.2 Å². The Morgan fingerprint density at radius 2 is 1.41 bits per heavy atom. The summed E-state index contributed by atoms with van der Waals surface area (Å²) in [6.07, 6.45) is 0.413. The molecule has 1 saturated heterocycles. The number of carbonyl (C=O) groups is 1. The summed E-state index contributed by atoms with van der Waals surface area (Å²) >= 11 is 3.50. The Kier molecular flexibility index (Phi) is 5.74. The van der Waals surface area contributed by atoms with Crippen LogP contribution in [0.1, 0.15) is 44.4 Å². The van der Waals surface area contributed by atoms with Gasteiger partial charge in [-0.3, -0.25) is 4.79 Å². The van der Waals surface area contributed by atoms with Crippen LogP contribution in [0.3, 0.4) is 0 Å². The van der Waals surface area contributed by atoms with Crippen LogP contribution in [0.5, 0.6) is 0 Å². The van der Waals surface area contributed by atoms with Crippen molar-refractivity contribution in [2.24, 2.45) is 0 Å². The van der Waals surface area contributed by atoms with Crippen LogP contribution in [0.25, 0.3) is 0 Å². The highest BCUT2D eigenvalue weighted by Crippen LogP contribution is 2.51. The number of rotatable bonds is 5. The summed E-state index contributed by atoms with van der Waals surface area (Å²) < 4.78 is 13.8. The first kappa shape index (κ1) is 23.3. The zero-order chi connectivity index (χ0) is 24.1. The fourth-order valence-corrected chi connectivity index (χ4v) is 5.33. The molecule has 3 aromatic carbocycles. The molecule has 2 heterocycles. The number of hydrogen-bond donors (Lipinski definition) is 0. The summed E-state index contributed by atoms with van der Waals surface area (Å²) in [4.78, 5) is 16.4. The third kappa shape index (κ3) is 3.73. The summed E-state index contributed by atoms with van der Waals surface area (Å²) in [6, 6.07) is 26.3. The van der Waals surface area contributed by atoms with Crippen LogP contribution in [-0.2, 0) is 26.1 Å². The molecule has 0 bridgehead atoms. The number of anilines is 1. The van der Waals surface area contributed by atoms with Gasteiger partial charge in [-0.25, -0.2) is 0 Å². The van der Waals surface area contributed by atoms with E-state index < -0.39 is 23.7 Å². The molecule has 0 unspecified atom stereocenters. The van der Waals surface area contributed by atoms with Gasteiger partial charge in [-0.15, -0.1) is 0 Å². The number of carbonyl (C=O) groups excluding carboxylic acids is 1. The zero-order valence-corrected chi connectivity index (χ0v) is 21.6. The fourth-order valence-electron chi connectivity index (χ4n) is 5.07. The molecule has 0 N–H and O–H groups in total. The smallest absolute Gasteiger partial charge is 0.403 e. The van der Waals surface area contributed by atoms with E-state index in [-0.39, 0.29) is 5.91 Å². The van der Waals surface area contributed by atoms with Crippen molar-refractivity contribution in [3.05, 3.63) is 100 Å². The second-order valence-electron chi connectivity index (χ2n) is 10.2. The van der Waals surface area contributed by atoms with E-state index in [0.717, 1.165) is 26.9 Å². The number of fused-ring (bicyclic) bond motifs is 1. The summed E-state index contributed by atoms with van der Waals surface area (Å²) in [7, 11) is -0.505. The van der Waals surface area contributed by atoms with Crippen LogP contribution in [-0.4, -0.2) is 24.2 Å². The standard InChI is InChI=1S/C28H29BBrNO3/c1-26(2)27(3,4)34-29(33-26)19-28(21-10-6-5-7-11-21)23-12-8-9-13-24(23)31(25(28)32)18-20-14-16-22(30)17-15-20/h5-17H,18-19H2,1-4H3/t28-/m0/s1. The van der Waals surface area contributed by atoms with Gasteiger partial charge in [0.15, 0.2) is 0 Å². The van der Waals surface area contributed by atoms with Gasteiger partial charge in [-0.2, -0.15) is 0 Å². The normalized spacial score (nSPS) is 22.8. The van der Waals surface area contributed by atoms with E-state index in [0.29, 0.717) is 12.9 Å². The van der Waals surface area contributed by atoms with Crippen molar-refractivity contribution in [3.8, 4) is 0 Å². The van der Waals surface area contributed by atoms with Crippen LogP contribution in [0.4, 0.5) is 5.69 Å². The molecule has 0 spiro atoms. The van der Waals surface area contributed by atoms with E-state index >= 15 is 0 Å². The molecule has 1 atom stereocenters. The summed E-state index contributed by atoms with van der Waals surface area (Å²) in [5, 5.41) is 0. The van der Waals surface area contributed by atoms with Gasteiger partial charge in [0.2, 0.25) is 5.91 Å². The van der Waals surface area contributed by atoms with Crippen LogP contribution in [0.15, 0.2) is 83.3 Å². The first-order valence-corrected chi connectivity index (χ1v) is 12.5. The highest BCUT2D eigenvalue weighted by Gasteiger charge is 2.59. The third-order valence-corrected chi connectivity index (χ3v) is 8.09. The van der Waals surface area contributed by atoms with Crippen molar-refractivity contribution < 1.29 is 14.1 Å². The molecule has 4 nitrogen and oxygen atoms in total. The first-order chi connectivity index (χ1) is 16.1. The third-order valence-electron chi connectivity index (χ3n) is 7.56. The van der Waals surface area contributed by atoms with Crippen LogP contribution < -0.4 is 4.90 Å². The Balaban J connectivity index is 1.61. The monoisotopic (exact) mass is 517 g/mol. The minimum atomic E-state index is -0.894. The van der Waals surface area contributed by atoms with Crippen LogP contribution >= 0.6 is 15.9 Å². The first-order valence-electron chi connectivity index (χ1n) is 11.7. The summed E-state index contributed by atoms with van der Waals surface area (Å²) in [5.41, 5.74) is 2.15. The summed E-state index contributed by atoms with van der Waals surface area (Å²) in [6.45, 7) is 8.69. The maximum absolute atomic E-state index is 14.5. The molecule has 3 aromatic rings. The van der Waals surface area contributed by atoms with Crippen molar-refractivity contribution in [1.29, 1.82) is 0 Å².